The number of halogens is 1. The molecule has 0 aliphatic rings. The van der Waals surface area contributed by atoms with Gasteiger partial charge in [0.15, 0.2) is 0 Å². The Hall–Kier alpha value is -0.600. The lowest BCUT2D eigenvalue weighted by Gasteiger charge is -1.98. The quantitative estimate of drug-likeness (QED) is 0.551. The van der Waals surface area contributed by atoms with E-state index in [0.717, 1.165) is 0 Å². The monoisotopic (exact) mass is 120 g/mol. The molecule has 0 N–H and O–H groups in total. The van der Waals surface area contributed by atoms with Crippen LogP contribution < -0.4 is 0 Å². The van der Waals surface area contributed by atoms with Crippen LogP contribution in [-0.2, 0) is 9.74 Å². The van der Waals surface area contributed by atoms with Crippen LogP contribution in [0, 0.1) is 5.92 Å². The summed E-state index contributed by atoms with van der Waals surface area (Å²) >= 11 is 0. The Labute approximate surface area is 47.5 Å². The maximum atomic E-state index is 11.0. The molecule has 3 heteroatoms. The van der Waals surface area contributed by atoms with E-state index in [1.807, 2.05) is 0 Å². The van der Waals surface area contributed by atoms with Crippen LogP contribution in [0.5, 0.6) is 0 Å². The van der Waals surface area contributed by atoms with Gasteiger partial charge in [-0.05, 0) is 6.42 Å². The summed E-state index contributed by atoms with van der Waals surface area (Å²) in [5.41, 5.74) is 0. The predicted molar refractivity (Wildman–Crippen MR) is 26.7 cm³/mol. The van der Waals surface area contributed by atoms with Gasteiger partial charge in [0.25, 0.3) is 0 Å². The zero-order chi connectivity index (χ0) is 6.57. The second-order valence-corrected chi connectivity index (χ2v) is 1.71. The fourth-order valence-corrected chi connectivity index (χ4v) is 0.243. The molecule has 0 saturated carbocycles. The van der Waals surface area contributed by atoms with E-state index in [4.69, 9.17) is 0 Å². The molecular weight excluding hydrogens is 111 g/mol. The number of rotatable bonds is 2. The minimum atomic E-state index is -0.785. The second kappa shape index (κ2) is 3.41. The molecule has 2 nitrogen and oxygen atoms in total. The molecule has 0 saturated heterocycles. The van der Waals surface area contributed by atoms with Crippen LogP contribution in [0.25, 0.3) is 0 Å². The van der Waals surface area contributed by atoms with Crippen molar-refractivity contribution in [3.05, 3.63) is 0 Å². The van der Waals surface area contributed by atoms with Crippen LogP contribution in [0.1, 0.15) is 20.3 Å². The molecule has 0 amide bonds. The summed E-state index contributed by atoms with van der Waals surface area (Å²) < 4.78 is 11.0. The Morgan fingerprint density at radius 1 is 1.88 bits per heavy atom. The Kier molecular flexibility index (Phi) is 3.15. The predicted octanol–water partition coefficient (Wildman–Crippen LogP) is 1.46. The van der Waals surface area contributed by atoms with Gasteiger partial charge in [0, 0.05) is 4.53 Å². The third-order valence-corrected chi connectivity index (χ3v) is 1.09. The summed E-state index contributed by atoms with van der Waals surface area (Å²) in [7, 11) is 0. The summed E-state index contributed by atoms with van der Waals surface area (Å²) in [6, 6.07) is 0. The van der Waals surface area contributed by atoms with Crippen molar-refractivity contribution in [3.8, 4) is 0 Å². The molecule has 0 aliphatic heterocycles. The van der Waals surface area contributed by atoms with E-state index < -0.39 is 5.97 Å². The first-order valence-electron chi connectivity index (χ1n) is 2.54. The highest BCUT2D eigenvalue weighted by atomic mass is 19.3. The van der Waals surface area contributed by atoms with Gasteiger partial charge >= 0.3 is 5.97 Å². The molecule has 0 heterocycles. The van der Waals surface area contributed by atoms with E-state index in [1.54, 1.807) is 13.8 Å². The van der Waals surface area contributed by atoms with E-state index in [9.17, 15) is 9.32 Å². The highest BCUT2D eigenvalue weighted by molar-refractivity contribution is 5.71. The molecule has 0 rings (SSSR count). The summed E-state index contributed by atoms with van der Waals surface area (Å²) in [5.74, 6) is -1.10. The molecule has 0 fully saturated rings. The Morgan fingerprint density at radius 3 is 2.50 bits per heavy atom. The minimum absolute atomic E-state index is 0.319. The maximum absolute atomic E-state index is 11.0. The van der Waals surface area contributed by atoms with Crippen molar-refractivity contribution in [3.63, 3.8) is 0 Å². The van der Waals surface area contributed by atoms with E-state index in [2.05, 4.69) is 4.94 Å². The third-order valence-electron chi connectivity index (χ3n) is 1.09. The molecule has 0 aromatic rings. The topological polar surface area (TPSA) is 26.3 Å². The molecule has 48 valence electrons. The lowest BCUT2D eigenvalue weighted by Crippen LogP contribution is -2.08. The van der Waals surface area contributed by atoms with Crippen molar-refractivity contribution in [2.24, 2.45) is 5.92 Å². The standard InChI is InChI=1S/C5H9FO2/c1-3-4(2)5(7)8-6/h4H,3H2,1-2H3. The van der Waals surface area contributed by atoms with E-state index >= 15 is 0 Å². The van der Waals surface area contributed by atoms with Crippen LogP contribution >= 0.6 is 0 Å². The zero-order valence-corrected chi connectivity index (χ0v) is 4.98. The third kappa shape index (κ3) is 1.91. The Bertz CT molecular complexity index is 82.5. The SMILES string of the molecule is CCC(C)C(=O)OF. The molecular formula is C5H9FO2. The number of carbonyl (C=O) groups is 1. The molecule has 8 heavy (non-hydrogen) atoms. The molecule has 0 aliphatic carbocycles. The van der Waals surface area contributed by atoms with Gasteiger partial charge in [0.2, 0.25) is 0 Å². The normalized spacial score (nSPS) is 12.9. The van der Waals surface area contributed by atoms with Gasteiger partial charge in [0.05, 0.1) is 5.92 Å². The molecule has 0 radical (unpaired) electrons. The van der Waals surface area contributed by atoms with Crippen molar-refractivity contribution in [2.75, 3.05) is 0 Å². The molecule has 1 unspecified atom stereocenters. The average Bonchev–Trinajstić information content (AvgIpc) is 1.84. The van der Waals surface area contributed by atoms with Gasteiger partial charge in [-0.15, -0.1) is 0 Å². The van der Waals surface area contributed by atoms with Crippen molar-refractivity contribution < 1.29 is 14.3 Å². The van der Waals surface area contributed by atoms with Crippen LogP contribution in [0.4, 0.5) is 4.53 Å². The van der Waals surface area contributed by atoms with Gasteiger partial charge in [-0.25, -0.2) is 4.79 Å². The highest BCUT2D eigenvalue weighted by Crippen LogP contribution is 2.02. The number of hydrogen-bond donors (Lipinski definition) is 0. The molecule has 0 aromatic heterocycles. The minimum Gasteiger partial charge on any atom is -0.255 e. The van der Waals surface area contributed by atoms with Gasteiger partial charge in [-0.2, -0.15) is 0 Å². The first-order chi connectivity index (χ1) is 3.72. The van der Waals surface area contributed by atoms with Gasteiger partial charge in [-0.3, -0.25) is 4.94 Å². The van der Waals surface area contributed by atoms with Crippen molar-refractivity contribution >= 4 is 5.97 Å². The smallest absolute Gasteiger partial charge is 0.255 e. The van der Waals surface area contributed by atoms with E-state index in [1.165, 1.54) is 0 Å². The van der Waals surface area contributed by atoms with Gasteiger partial charge in [-0.1, -0.05) is 13.8 Å². The van der Waals surface area contributed by atoms with E-state index in [-0.39, 0.29) is 5.92 Å². The van der Waals surface area contributed by atoms with Gasteiger partial charge in [0.1, 0.15) is 0 Å². The summed E-state index contributed by atoms with van der Waals surface area (Å²) in [6.07, 6.45) is 0.614. The van der Waals surface area contributed by atoms with Crippen molar-refractivity contribution in [2.45, 2.75) is 20.3 Å². The average molecular weight is 120 g/mol. The largest absolute Gasteiger partial charge is 0.351 e. The van der Waals surface area contributed by atoms with Crippen molar-refractivity contribution in [1.29, 1.82) is 0 Å². The fraction of sp³-hybridized carbons (Fsp3) is 0.800. The van der Waals surface area contributed by atoms with Crippen LogP contribution in [0.2, 0.25) is 0 Å². The Morgan fingerprint density at radius 2 is 2.38 bits per heavy atom. The highest BCUT2D eigenvalue weighted by Gasteiger charge is 2.11. The lowest BCUT2D eigenvalue weighted by atomic mass is 10.1. The second-order valence-electron chi connectivity index (χ2n) is 1.71. The lowest BCUT2D eigenvalue weighted by molar-refractivity contribution is -0.188. The fourth-order valence-electron chi connectivity index (χ4n) is 0.243. The van der Waals surface area contributed by atoms with Gasteiger partial charge < -0.3 is 0 Å². The molecule has 0 bridgehead atoms. The number of carbonyl (C=O) groups excluding carboxylic acids is 1. The van der Waals surface area contributed by atoms with Crippen LogP contribution in [-0.4, -0.2) is 5.97 Å². The summed E-state index contributed by atoms with van der Waals surface area (Å²) in [5, 5.41) is 0. The molecule has 0 aromatic carbocycles. The van der Waals surface area contributed by atoms with Crippen molar-refractivity contribution in [1.82, 2.24) is 0 Å². The summed E-state index contributed by atoms with van der Waals surface area (Å²) in [4.78, 5) is 13.1. The molecule has 1 atom stereocenters. The number of hydrogen-bond acceptors (Lipinski definition) is 2. The zero-order valence-electron chi connectivity index (χ0n) is 4.98. The first kappa shape index (κ1) is 7.40. The van der Waals surface area contributed by atoms with Crippen LogP contribution in [0.15, 0.2) is 0 Å². The van der Waals surface area contributed by atoms with E-state index in [0.29, 0.717) is 6.42 Å². The summed E-state index contributed by atoms with van der Waals surface area (Å²) in [6.45, 7) is 3.41. The maximum Gasteiger partial charge on any atom is 0.351 e. The first-order valence-corrected chi connectivity index (χ1v) is 2.54. The van der Waals surface area contributed by atoms with Crippen LogP contribution in [0.3, 0.4) is 0 Å². The molecule has 0 spiro atoms. The Balaban J connectivity index is 3.46.